The Balaban J connectivity index is 1.75. The Morgan fingerprint density at radius 2 is 1.96 bits per heavy atom. The smallest absolute Gasteiger partial charge is 0.435 e. The Kier molecular flexibility index (Phi) is 5.72. The van der Waals surface area contributed by atoms with Crippen molar-refractivity contribution in [3.8, 4) is 5.75 Å². The number of rotatable bonds is 6. The maximum Gasteiger partial charge on any atom is 0.435 e. The van der Waals surface area contributed by atoms with E-state index >= 15 is 0 Å². The van der Waals surface area contributed by atoms with E-state index in [4.69, 9.17) is 4.74 Å². The predicted octanol–water partition coefficient (Wildman–Crippen LogP) is 3.08. The molecular weight excluding hydrogens is 395 g/mol. The molecule has 1 aliphatic carbocycles. The van der Waals surface area contributed by atoms with Gasteiger partial charge in [-0.3, -0.25) is 4.68 Å². The molecular formula is C18H22F3N3O3S. The number of aromatic nitrogens is 2. The van der Waals surface area contributed by atoms with Gasteiger partial charge in [-0.25, -0.2) is 13.1 Å². The lowest BCUT2D eigenvalue weighted by Gasteiger charge is -2.15. The van der Waals surface area contributed by atoms with Crippen molar-refractivity contribution in [3.63, 3.8) is 0 Å². The van der Waals surface area contributed by atoms with Crippen LogP contribution in [0.25, 0.3) is 0 Å². The first-order chi connectivity index (χ1) is 13.1. The molecule has 0 saturated carbocycles. The van der Waals surface area contributed by atoms with Crippen LogP contribution in [0.15, 0.2) is 23.1 Å². The van der Waals surface area contributed by atoms with Crippen LogP contribution in [0.1, 0.15) is 35.4 Å². The number of methoxy groups -OCH3 is 1. The van der Waals surface area contributed by atoms with Crippen molar-refractivity contribution in [2.24, 2.45) is 0 Å². The number of hydrogen-bond donors (Lipinski definition) is 1. The lowest BCUT2D eigenvalue weighted by atomic mass is 9.95. The summed E-state index contributed by atoms with van der Waals surface area (Å²) in [6, 6.07) is 4.59. The van der Waals surface area contributed by atoms with Crippen LogP contribution in [0.3, 0.4) is 0 Å². The zero-order chi connectivity index (χ0) is 20.5. The molecule has 154 valence electrons. The topological polar surface area (TPSA) is 73.2 Å². The third kappa shape index (κ3) is 4.17. The number of ether oxygens (including phenoxy) is 1. The summed E-state index contributed by atoms with van der Waals surface area (Å²) < 4.78 is 73.6. The summed E-state index contributed by atoms with van der Waals surface area (Å²) in [5, 5.41) is 3.74. The van der Waals surface area contributed by atoms with Crippen molar-refractivity contribution in [1.82, 2.24) is 14.5 Å². The van der Waals surface area contributed by atoms with Gasteiger partial charge in [0, 0.05) is 17.8 Å². The van der Waals surface area contributed by atoms with E-state index in [-0.39, 0.29) is 23.5 Å². The monoisotopic (exact) mass is 417 g/mol. The summed E-state index contributed by atoms with van der Waals surface area (Å²) in [6.07, 6.45) is -2.14. The molecule has 0 fully saturated rings. The molecule has 0 atom stereocenters. The summed E-state index contributed by atoms with van der Waals surface area (Å²) >= 11 is 0. The van der Waals surface area contributed by atoms with Crippen LogP contribution >= 0.6 is 0 Å². The fourth-order valence-corrected chi connectivity index (χ4v) is 4.74. The SMILES string of the molecule is COc1ccc(S(=O)(=O)NCCn2nc(C(F)(F)F)c3c2CCCC3)c(C)c1. The van der Waals surface area contributed by atoms with E-state index in [0.717, 1.165) is 6.42 Å². The third-order valence-corrected chi connectivity index (χ3v) is 6.43. The van der Waals surface area contributed by atoms with Crippen molar-refractivity contribution in [3.05, 3.63) is 40.7 Å². The van der Waals surface area contributed by atoms with Crippen LogP contribution in [0, 0.1) is 6.92 Å². The van der Waals surface area contributed by atoms with Crippen LogP contribution < -0.4 is 9.46 Å². The Morgan fingerprint density at radius 3 is 2.61 bits per heavy atom. The van der Waals surface area contributed by atoms with Crippen molar-refractivity contribution >= 4 is 10.0 Å². The van der Waals surface area contributed by atoms with E-state index in [1.165, 1.54) is 17.9 Å². The molecule has 6 nitrogen and oxygen atoms in total. The Morgan fingerprint density at radius 1 is 1.25 bits per heavy atom. The van der Waals surface area contributed by atoms with Gasteiger partial charge in [-0.15, -0.1) is 0 Å². The first-order valence-electron chi connectivity index (χ1n) is 8.93. The molecule has 2 aromatic rings. The second kappa shape index (κ2) is 7.75. The van der Waals surface area contributed by atoms with Gasteiger partial charge < -0.3 is 4.74 Å². The molecule has 3 rings (SSSR count). The predicted molar refractivity (Wildman–Crippen MR) is 96.8 cm³/mol. The van der Waals surface area contributed by atoms with Crippen LogP contribution in [0.2, 0.25) is 0 Å². The van der Waals surface area contributed by atoms with E-state index in [9.17, 15) is 21.6 Å². The van der Waals surface area contributed by atoms with Gasteiger partial charge in [0.1, 0.15) is 5.75 Å². The van der Waals surface area contributed by atoms with Crippen molar-refractivity contribution in [2.45, 2.75) is 50.2 Å². The molecule has 1 aliphatic rings. The van der Waals surface area contributed by atoms with Crippen LogP contribution in [-0.2, 0) is 35.6 Å². The molecule has 0 radical (unpaired) electrons. The lowest BCUT2D eigenvalue weighted by molar-refractivity contribution is -0.142. The number of sulfonamides is 1. The summed E-state index contributed by atoms with van der Waals surface area (Å²) in [5.41, 5.74) is 0.463. The molecule has 0 unspecified atom stereocenters. The Bertz CT molecular complexity index is 968. The van der Waals surface area contributed by atoms with Crippen LogP contribution in [0.5, 0.6) is 5.75 Å². The highest BCUT2D eigenvalue weighted by Crippen LogP contribution is 2.35. The maximum atomic E-state index is 13.2. The minimum Gasteiger partial charge on any atom is -0.497 e. The zero-order valence-corrected chi connectivity index (χ0v) is 16.5. The number of fused-ring (bicyclic) bond motifs is 1. The van der Waals surface area contributed by atoms with E-state index in [0.29, 0.717) is 36.3 Å². The van der Waals surface area contributed by atoms with Crippen LogP contribution in [-0.4, -0.2) is 31.9 Å². The summed E-state index contributed by atoms with van der Waals surface area (Å²) in [7, 11) is -2.31. The maximum absolute atomic E-state index is 13.2. The quantitative estimate of drug-likeness (QED) is 0.784. The van der Waals surface area contributed by atoms with Gasteiger partial charge in [-0.1, -0.05) is 0 Å². The minimum atomic E-state index is -4.51. The number of benzene rings is 1. The first kappa shape index (κ1) is 20.7. The molecule has 1 N–H and O–H groups in total. The highest BCUT2D eigenvalue weighted by atomic mass is 32.2. The summed E-state index contributed by atoms with van der Waals surface area (Å²) in [6.45, 7) is 1.63. The van der Waals surface area contributed by atoms with E-state index < -0.39 is 21.9 Å². The second-order valence-corrected chi connectivity index (χ2v) is 8.47. The van der Waals surface area contributed by atoms with E-state index in [1.807, 2.05) is 0 Å². The van der Waals surface area contributed by atoms with Crippen molar-refractivity contribution in [2.75, 3.05) is 13.7 Å². The molecule has 0 aliphatic heterocycles. The number of halogens is 3. The summed E-state index contributed by atoms with van der Waals surface area (Å²) in [4.78, 5) is 0.103. The van der Waals surface area contributed by atoms with Gasteiger partial charge in [0.25, 0.3) is 0 Å². The zero-order valence-electron chi connectivity index (χ0n) is 15.6. The molecule has 0 saturated heterocycles. The van der Waals surface area contributed by atoms with Gasteiger partial charge in [-0.2, -0.15) is 18.3 Å². The van der Waals surface area contributed by atoms with Crippen molar-refractivity contribution in [1.29, 1.82) is 0 Å². The molecule has 1 aromatic heterocycles. The minimum absolute atomic E-state index is 0.0346. The Hall–Kier alpha value is -2.07. The van der Waals surface area contributed by atoms with Gasteiger partial charge in [-0.05, 0) is 56.4 Å². The van der Waals surface area contributed by atoms with Gasteiger partial charge >= 0.3 is 6.18 Å². The fourth-order valence-electron chi connectivity index (χ4n) is 3.50. The number of aryl methyl sites for hydroxylation is 1. The normalized spacial score (nSPS) is 14.8. The first-order valence-corrected chi connectivity index (χ1v) is 10.4. The molecule has 0 bridgehead atoms. The number of hydrogen-bond acceptors (Lipinski definition) is 4. The molecule has 10 heteroatoms. The van der Waals surface area contributed by atoms with Crippen molar-refractivity contribution < 1.29 is 26.3 Å². The number of nitrogens with one attached hydrogen (secondary N) is 1. The molecule has 28 heavy (non-hydrogen) atoms. The van der Waals surface area contributed by atoms with Gasteiger partial charge in [0.2, 0.25) is 10.0 Å². The Labute approximate surface area is 161 Å². The molecule has 1 aromatic carbocycles. The molecule has 1 heterocycles. The third-order valence-electron chi connectivity index (χ3n) is 4.81. The van der Waals surface area contributed by atoms with Crippen LogP contribution in [0.4, 0.5) is 13.2 Å². The number of alkyl halides is 3. The fraction of sp³-hybridized carbons (Fsp3) is 0.500. The number of nitrogens with zero attached hydrogens (tertiary/aromatic N) is 2. The average Bonchev–Trinajstić information content (AvgIpc) is 3.00. The molecule has 0 amide bonds. The highest BCUT2D eigenvalue weighted by Gasteiger charge is 2.39. The van der Waals surface area contributed by atoms with E-state index in [1.54, 1.807) is 19.1 Å². The van der Waals surface area contributed by atoms with Gasteiger partial charge in [0.05, 0.1) is 18.6 Å². The standard InChI is InChI=1S/C18H22F3N3O3S/c1-12-11-13(27-2)7-8-16(12)28(25,26)22-9-10-24-15-6-4-3-5-14(15)17(23-24)18(19,20)21/h7-8,11,22H,3-6,9-10H2,1-2H3. The average molecular weight is 417 g/mol. The largest absolute Gasteiger partial charge is 0.497 e. The second-order valence-electron chi connectivity index (χ2n) is 6.73. The lowest BCUT2D eigenvalue weighted by Crippen LogP contribution is -2.29. The summed E-state index contributed by atoms with van der Waals surface area (Å²) in [5.74, 6) is 0.541. The molecule has 0 spiro atoms. The highest BCUT2D eigenvalue weighted by molar-refractivity contribution is 7.89. The van der Waals surface area contributed by atoms with Gasteiger partial charge in [0.15, 0.2) is 5.69 Å². The van der Waals surface area contributed by atoms with E-state index in [2.05, 4.69) is 9.82 Å².